The van der Waals surface area contributed by atoms with Crippen LogP contribution in [0.25, 0.3) is 0 Å². The van der Waals surface area contributed by atoms with E-state index in [1.54, 1.807) is 34.8 Å². The number of ether oxygens (including phenoxy) is 3. The van der Waals surface area contributed by atoms with Crippen molar-refractivity contribution in [3.63, 3.8) is 0 Å². The van der Waals surface area contributed by atoms with E-state index in [-0.39, 0.29) is 5.97 Å². The predicted octanol–water partition coefficient (Wildman–Crippen LogP) is 4.71. The molecule has 2 aromatic carbocycles. The fourth-order valence-electron chi connectivity index (χ4n) is 2.37. The lowest BCUT2D eigenvalue weighted by molar-refractivity contribution is -0.163. The molecule has 4 heteroatoms. The lowest BCUT2D eigenvalue weighted by Crippen LogP contribution is -2.34. The Kier molecular flexibility index (Phi) is 6.17. The van der Waals surface area contributed by atoms with Crippen LogP contribution in [0, 0.1) is 17.8 Å². The van der Waals surface area contributed by atoms with Gasteiger partial charge in [0.2, 0.25) is 0 Å². The number of hydrogen-bond donors (Lipinski definition) is 0. The number of carbonyl (C=O) groups is 1. The lowest BCUT2D eigenvalue weighted by atomic mass is 9.93. The summed E-state index contributed by atoms with van der Waals surface area (Å²) in [4.78, 5) is 12.4. The molecule has 1 atom stereocenters. The molecule has 2 aromatic rings. The van der Waals surface area contributed by atoms with Gasteiger partial charge in [-0.15, -0.1) is 6.42 Å². The van der Waals surface area contributed by atoms with Crippen LogP contribution < -0.4 is 9.47 Å². The normalized spacial score (nSPS) is 13.2. The molecular weight excluding hydrogens is 340 g/mol. The molecule has 0 aliphatic heterocycles. The van der Waals surface area contributed by atoms with Crippen molar-refractivity contribution in [2.24, 2.45) is 5.41 Å². The fraction of sp³-hybridized carbons (Fsp3) is 0.348. The van der Waals surface area contributed by atoms with Gasteiger partial charge in [0.1, 0.15) is 18.1 Å². The number of methoxy groups -OCH3 is 1. The van der Waals surface area contributed by atoms with Crippen LogP contribution in [0.1, 0.15) is 38.8 Å². The Morgan fingerprint density at radius 3 is 2.22 bits per heavy atom. The maximum Gasteiger partial charge on any atom is 0.313 e. The van der Waals surface area contributed by atoms with Crippen molar-refractivity contribution in [3.05, 3.63) is 59.7 Å². The summed E-state index contributed by atoms with van der Waals surface area (Å²) in [5.74, 6) is 3.61. The number of esters is 1. The number of para-hydroxylation sites is 1. The average Bonchev–Trinajstić information content (AvgIpc) is 2.66. The zero-order chi connectivity index (χ0) is 20.1. The first-order valence-corrected chi connectivity index (χ1v) is 8.76. The molecule has 0 heterocycles. The lowest BCUT2D eigenvalue weighted by Gasteiger charge is -2.29. The maximum atomic E-state index is 12.4. The number of terminal acetylenes is 1. The van der Waals surface area contributed by atoms with E-state index in [0.29, 0.717) is 17.9 Å². The van der Waals surface area contributed by atoms with E-state index in [0.717, 1.165) is 11.3 Å². The smallest absolute Gasteiger partial charge is 0.313 e. The highest BCUT2D eigenvalue weighted by Crippen LogP contribution is 2.35. The number of carbonyl (C=O) groups excluding carboxylic acids is 1. The Bertz CT molecular complexity index is 825. The monoisotopic (exact) mass is 366 g/mol. The first-order valence-electron chi connectivity index (χ1n) is 8.76. The predicted molar refractivity (Wildman–Crippen MR) is 106 cm³/mol. The standard InChI is InChI=1S/C23H26O4/c1-7-23(5,27-21(24)22(2,3)4)19-10-8-9-11-20(19)26-16-17-12-14-18(25-6)15-13-17/h1,8-15H,16H2,2-6H3. The minimum Gasteiger partial charge on any atom is -0.497 e. The van der Waals surface area contributed by atoms with Gasteiger partial charge in [0.25, 0.3) is 0 Å². The SMILES string of the molecule is C#CC(C)(OC(=O)C(C)(C)C)c1ccccc1OCc1ccc(OC)cc1. The number of benzene rings is 2. The highest BCUT2D eigenvalue weighted by atomic mass is 16.6. The average molecular weight is 366 g/mol. The van der Waals surface area contributed by atoms with Crippen molar-refractivity contribution in [2.45, 2.75) is 39.9 Å². The molecule has 0 bridgehead atoms. The Morgan fingerprint density at radius 1 is 1.04 bits per heavy atom. The largest absolute Gasteiger partial charge is 0.497 e. The minimum absolute atomic E-state index is 0.356. The highest BCUT2D eigenvalue weighted by Gasteiger charge is 2.36. The van der Waals surface area contributed by atoms with Crippen LogP contribution in [-0.2, 0) is 21.7 Å². The molecule has 0 N–H and O–H groups in total. The first kappa shape index (κ1) is 20.4. The van der Waals surface area contributed by atoms with Crippen LogP contribution in [0.3, 0.4) is 0 Å². The van der Waals surface area contributed by atoms with E-state index in [9.17, 15) is 4.79 Å². The molecule has 0 amide bonds. The quantitative estimate of drug-likeness (QED) is 0.548. The van der Waals surface area contributed by atoms with E-state index in [2.05, 4.69) is 5.92 Å². The zero-order valence-electron chi connectivity index (χ0n) is 16.5. The summed E-state index contributed by atoms with van der Waals surface area (Å²) in [5.41, 5.74) is -0.254. The summed E-state index contributed by atoms with van der Waals surface area (Å²) in [7, 11) is 1.63. The Hall–Kier alpha value is -2.93. The molecule has 0 aliphatic rings. The van der Waals surface area contributed by atoms with Crippen molar-refractivity contribution in [1.82, 2.24) is 0 Å². The van der Waals surface area contributed by atoms with Crippen LogP contribution in [-0.4, -0.2) is 13.1 Å². The summed E-state index contributed by atoms with van der Waals surface area (Å²) in [6, 6.07) is 15.0. The summed E-state index contributed by atoms with van der Waals surface area (Å²) >= 11 is 0. The van der Waals surface area contributed by atoms with Crippen molar-refractivity contribution < 1.29 is 19.0 Å². The van der Waals surface area contributed by atoms with E-state index in [1.165, 1.54) is 0 Å². The fourth-order valence-corrected chi connectivity index (χ4v) is 2.37. The molecule has 0 radical (unpaired) electrons. The Morgan fingerprint density at radius 2 is 1.67 bits per heavy atom. The number of hydrogen-bond acceptors (Lipinski definition) is 4. The third-order valence-corrected chi connectivity index (χ3v) is 4.14. The highest BCUT2D eigenvalue weighted by molar-refractivity contribution is 5.76. The first-order chi connectivity index (χ1) is 12.7. The van der Waals surface area contributed by atoms with Gasteiger partial charge in [-0.2, -0.15) is 0 Å². The van der Waals surface area contributed by atoms with Crippen LogP contribution in [0.15, 0.2) is 48.5 Å². The molecule has 142 valence electrons. The molecule has 0 aromatic heterocycles. The van der Waals surface area contributed by atoms with E-state index < -0.39 is 11.0 Å². The van der Waals surface area contributed by atoms with Gasteiger partial charge in [-0.1, -0.05) is 36.3 Å². The second kappa shape index (κ2) is 8.18. The van der Waals surface area contributed by atoms with Crippen molar-refractivity contribution in [1.29, 1.82) is 0 Å². The van der Waals surface area contributed by atoms with Gasteiger partial charge in [-0.25, -0.2) is 0 Å². The van der Waals surface area contributed by atoms with Gasteiger partial charge in [-0.3, -0.25) is 4.79 Å². The topological polar surface area (TPSA) is 44.8 Å². The molecule has 2 rings (SSSR count). The number of rotatable bonds is 6. The summed E-state index contributed by atoms with van der Waals surface area (Å²) in [6.45, 7) is 7.43. The third kappa shape index (κ3) is 5.04. The molecule has 0 saturated heterocycles. The maximum absolute atomic E-state index is 12.4. The third-order valence-electron chi connectivity index (χ3n) is 4.14. The molecule has 27 heavy (non-hydrogen) atoms. The molecular formula is C23H26O4. The van der Waals surface area contributed by atoms with E-state index in [1.807, 2.05) is 48.5 Å². The molecule has 0 spiro atoms. The van der Waals surface area contributed by atoms with Crippen LogP contribution in [0.2, 0.25) is 0 Å². The van der Waals surface area contributed by atoms with Crippen molar-refractivity contribution in [3.8, 4) is 23.8 Å². The van der Waals surface area contributed by atoms with Crippen LogP contribution >= 0.6 is 0 Å². The van der Waals surface area contributed by atoms with Gasteiger partial charge >= 0.3 is 5.97 Å². The summed E-state index contributed by atoms with van der Waals surface area (Å²) < 4.78 is 16.8. The second-order valence-corrected chi connectivity index (χ2v) is 7.45. The van der Waals surface area contributed by atoms with Crippen LogP contribution in [0.5, 0.6) is 11.5 Å². The second-order valence-electron chi connectivity index (χ2n) is 7.45. The van der Waals surface area contributed by atoms with Gasteiger partial charge < -0.3 is 14.2 Å². The van der Waals surface area contributed by atoms with Crippen molar-refractivity contribution >= 4 is 5.97 Å². The zero-order valence-corrected chi connectivity index (χ0v) is 16.5. The summed E-state index contributed by atoms with van der Waals surface area (Å²) in [6.07, 6.45) is 5.74. The molecule has 0 fully saturated rings. The van der Waals surface area contributed by atoms with Gasteiger partial charge in [-0.05, 0) is 51.5 Å². The van der Waals surface area contributed by atoms with Crippen molar-refractivity contribution in [2.75, 3.05) is 7.11 Å². The van der Waals surface area contributed by atoms with Gasteiger partial charge in [0.05, 0.1) is 12.5 Å². The van der Waals surface area contributed by atoms with Gasteiger partial charge in [0, 0.05) is 5.56 Å². The molecule has 0 saturated carbocycles. The van der Waals surface area contributed by atoms with Gasteiger partial charge in [0.15, 0.2) is 5.60 Å². The van der Waals surface area contributed by atoms with Crippen LogP contribution in [0.4, 0.5) is 0 Å². The Balaban J connectivity index is 2.24. The Labute approximate surface area is 161 Å². The molecule has 4 nitrogen and oxygen atoms in total. The van der Waals surface area contributed by atoms with E-state index >= 15 is 0 Å². The summed E-state index contributed by atoms with van der Waals surface area (Å²) in [5, 5.41) is 0. The molecule has 1 unspecified atom stereocenters. The van der Waals surface area contributed by atoms with E-state index in [4.69, 9.17) is 20.6 Å². The minimum atomic E-state index is -1.22. The molecule has 0 aliphatic carbocycles.